The summed E-state index contributed by atoms with van der Waals surface area (Å²) in [6, 6.07) is 3.57. The van der Waals surface area contributed by atoms with Gasteiger partial charge in [0.15, 0.2) is 11.5 Å². The second-order valence-electron chi connectivity index (χ2n) is 5.98. The second kappa shape index (κ2) is 6.08. The molecule has 0 saturated heterocycles. The Bertz CT molecular complexity index is 716. The molecule has 3 rings (SSSR count). The van der Waals surface area contributed by atoms with Gasteiger partial charge in [0.25, 0.3) is 0 Å². The second-order valence-corrected chi connectivity index (χ2v) is 5.98. The zero-order valence-electron chi connectivity index (χ0n) is 13.4. The number of aromatic nitrogens is 2. The number of ether oxygens (including phenoxy) is 2. The maximum atomic E-state index is 9.13. The van der Waals surface area contributed by atoms with Gasteiger partial charge in [0.05, 0.1) is 19.7 Å². The fourth-order valence-electron chi connectivity index (χ4n) is 2.75. The molecule has 0 unspecified atom stereocenters. The number of nitrogen functional groups attached to an aromatic ring is 1. The number of nitrogens with one attached hydrogen (secondary N) is 1. The van der Waals surface area contributed by atoms with Crippen molar-refractivity contribution in [3.05, 3.63) is 12.1 Å². The monoisotopic (exact) mass is 318 g/mol. The Morgan fingerprint density at radius 1 is 1.22 bits per heavy atom. The summed E-state index contributed by atoms with van der Waals surface area (Å²) in [4.78, 5) is 8.83. The molecule has 0 radical (unpaired) electrons. The first-order valence-electron chi connectivity index (χ1n) is 7.65. The fraction of sp³-hybridized carbons (Fsp3) is 0.500. The zero-order chi connectivity index (χ0) is 16.4. The molecule has 0 atom stereocenters. The van der Waals surface area contributed by atoms with Crippen LogP contribution in [0.25, 0.3) is 10.9 Å². The van der Waals surface area contributed by atoms with E-state index in [1.54, 1.807) is 26.4 Å². The van der Waals surface area contributed by atoms with Gasteiger partial charge in [-0.1, -0.05) is 0 Å². The Kier molecular flexibility index (Phi) is 4.12. The molecule has 0 spiro atoms. The molecule has 1 heterocycles. The first kappa shape index (κ1) is 15.6. The quantitative estimate of drug-likeness (QED) is 0.715. The Balaban J connectivity index is 1.88. The van der Waals surface area contributed by atoms with E-state index in [1.807, 2.05) is 0 Å². The number of anilines is 2. The average Bonchev–Trinajstić information content (AvgIpc) is 3.32. The van der Waals surface area contributed by atoms with Gasteiger partial charge in [0.2, 0.25) is 5.95 Å². The number of methoxy groups -OCH3 is 2. The molecule has 2 aromatic rings. The SMILES string of the molecule is COc1cc2nc(NCC3(CCO)CC3)nc(N)c2cc1OC. The molecular weight excluding hydrogens is 296 g/mol. The van der Waals surface area contributed by atoms with Crippen LogP contribution in [0.5, 0.6) is 11.5 Å². The van der Waals surface area contributed by atoms with Crippen molar-refractivity contribution >= 4 is 22.7 Å². The molecule has 7 nitrogen and oxygen atoms in total. The molecule has 4 N–H and O–H groups in total. The van der Waals surface area contributed by atoms with Crippen molar-refractivity contribution in [1.82, 2.24) is 9.97 Å². The summed E-state index contributed by atoms with van der Waals surface area (Å²) in [6.45, 7) is 0.950. The lowest BCUT2D eigenvalue weighted by atomic mass is 10.0. The molecule has 1 fully saturated rings. The molecule has 1 aromatic heterocycles. The summed E-state index contributed by atoms with van der Waals surface area (Å²) in [5, 5.41) is 13.1. The topological polar surface area (TPSA) is 103 Å². The van der Waals surface area contributed by atoms with Crippen molar-refractivity contribution in [1.29, 1.82) is 0 Å². The summed E-state index contributed by atoms with van der Waals surface area (Å²) in [5.74, 6) is 2.08. The van der Waals surface area contributed by atoms with Crippen LogP contribution in [0.4, 0.5) is 11.8 Å². The van der Waals surface area contributed by atoms with Gasteiger partial charge in [0.1, 0.15) is 5.82 Å². The number of hydrogen-bond acceptors (Lipinski definition) is 7. The Morgan fingerprint density at radius 2 is 1.91 bits per heavy atom. The van der Waals surface area contributed by atoms with Crippen LogP contribution in [0.2, 0.25) is 0 Å². The van der Waals surface area contributed by atoms with Crippen LogP contribution in [0.1, 0.15) is 19.3 Å². The molecule has 0 bridgehead atoms. The molecule has 1 aliphatic carbocycles. The molecule has 1 aromatic carbocycles. The van der Waals surface area contributed by atoms with Crippen LogP contribution in [-0.2, 0) is 0 Å². The number of benzene rings is 1. The van der Waals surface area contributed by atoms with Gasteiger partial charge in [-0.05, 0) is 30.7 Å². The maximum Gasteiger partial charge on any atom is 0.225 e. The molecule has 7 heteroatoms. The van der Waals surface area contributed by atoms with E-state index in [4.69, 9.17) is 20.3 Å². The van der Waals surface area contributed by atoms with Crippen LogP contribution in [-0.4, -0.2) is 42.4 Å². The normalized spacial score (nSPS) is 15.4. The van der Waals surface area contributed by atoms with Crippen molar-refractivity contribution < 1.29 is 14.6 Å². The van der Waals surface area contributed by atoms with Gasteiger partial charge in [-0.2, -0.15) is 4.98 Å². The molecule has 124 valence electrons. The third-order valence-electron chi connectivity index (χ3n) is 4.45. The Labute approximate surface area is 134 Å². The summed E-state index contributed by atoms with van der Waals surface area (Å²) in [7, 11) is 3.16. The number of aliphatic hydroxyl groups is 1. The van der Waals surface area contributed by atoms with Crippen LogP contribution in [0.3, 0.4) is 0 Å². The number of fused-ring (bicyclic) bond motifs is 1. The number of nitrogens with two attached hydrogens (primary N) is 1. The first-order valence-corrected chi connectivity index (χ1v) is 7.65. The average molecular weight is 318 g/mol. The van der Waals surface area contributed by atoms with E-state index in [0.29, 0.717) is 28.8 Å². The number of hydrogen-bond donors (Lipinski definition) is 3. The van der Waals surface area contributed by atoms with Gasteiger partial charge in [-0.25, -0.2) is 4.98 Å². The highest BCUT2D eigenvalue weighted by Gasteiger charge is 2.41. The molecule has 0 amide bonds. The van der Waals surface area contributed by atoms with Gasteiger partial charge >= 0.3 is 0 Å². The fourth-order valence-corrected chi connectivity index (χ4v) is 2.75. The largest absolute Gasteiger partial charge is 0.493 e. The van der Waals surface area contributed by atoms with E-state index in [2.05, 4.69) is 15.3 Å². The van der Waals surface area contributed by atoms with E-state index in [-0.39, 0.29) is 12.0 Å². The van der Waals surface area contributed by atoms with Gasteiger partial charge in [-0.15, -0.1) is 0 Å². The van der Waals surface area contributed by atoms with Crippen LogP contribution in [0.15, 0.2) is 12.1 Å². The molecule has 1 saturated carbocycles. The minimum absolute atomic E-state index is 0.180. The van der Waals surface area contributed by atoms with Crippen LogP contribution >= 0.6 is 0 Å². The van der Waals surface area contributed by atoms with Crippen LogP contribution in [0, 0.1) is 5.41 Å². The van der Waals surface area contributed by atoms with E-state index in [1.165, 1.54) is 0 Å². The van der Waals surface area contributed by atoms with Crippen molar-refractivity contribution in [3.8, 4) is 11.5 Å². The van der Waals surface area contributed by atoms with Crippen molar-refractivity contribution in [2.45, 2.75) is 19.3 Å². The molecule has 1 aliphatic rings. The van der Waals surface area contributed by atoms with E-state index >= 15 is 0 Å². The highest BCUT2D eigenvalue weighted by Crippen LogP contribution is 2.48. The summed E-state index contributed by atoms with van der Waals surface area (Å²) in [5.41, 5.74) is 6.94. The molecule has 0 aliphatic heterocycles. The van der Waals surface area contributed by atoms with E-state index < -0.39 is 0 Å². The first-order chi connectivity index (χ1) is 11.1. The molecule has 23 heavy (non-hydrogen) atoms. The lowest BCUT2D eigenvalue weighted by Gasteiger charge is -2.15. The zero-order valence-corrected chi connectivity index (χ0v) is 13.4. The minimum Gasteiger partial charge on any atom is -0.493 e. The van der Waals surface area contributed by atoms with Gasteiger partial charge in [0, 0.05) is 24.6 Å². The smallest absolute Gasteiger partial charge is 0.225 e. The standard InChI is InChI=1S/C16H22N4O3/c1-22-12-7-10-11(8-13(12)23-2)19-15(20-14(10)17)18-9-16(3-4-16)5-6-21/h7-8,21H,3-6,9H2,1-2H3,(H3,17,18,19,20). The number of nitrogens with zero attached hydrogens (tertiary/aromatic N) is 2. The summed E-state index contributed by atoms with van der Waals surface area (Å²) < 4.78 is 10.6. The van der Waals surface area contributed by atoms with Gasteiger partial charge < -0.3 is 25.6 Å². The lowest BCUT2D eigenvalue weighted by Crippen LogP contribution is -2.18. The van der Waals surface area contributed by atoms with E-state index in [9.17, 15) is 0 Å². The highest BCUT2D eigenvalue weighted by molar-refractivity contribution is 5.91. The summed E-state index contributed by atoms with van der Waals surface area (Å²) in [6.07, 6.45) is 3.04. The minimum atomic E-state index is 0.180. The number of aliphatic hydroxyl groups excluding tert-OH is 1. The van der Waals surface area contributed by atoms with Crippen molar-refractivity contribution in [2.75, 3.05) is 38.4 Å². The van der Waals surface area contributed by atoms with E-state index in [0.717, 1.165) is 31.2 Å². The van der Waals surface area contributed by atoms with Crippen molar-refractivity contribution in [2.24, 2.45) is 5.41 Å². The van der Waals surface area contributed by atoms with Crippen LogP contribution < -0.4 is 20.5 Å². The molecular formula is C16H22N4O3. The van der Waals surface area contributed by atoms with Gasteiger partial charge in [-0.3, -0.25) is 0 Å². The maximum absolute atomic E-state index is 9.13. The third-order valence-corrected chi connectivity index (χ3v) is 4.45. The predicted octanol–water partition coefficient (Wildman–Crippen LogP) is 1.80. The number of rotatable bonds is 7. The van der Waals surface area contributed by atoms with Crippen molar-refractivity contribution in [3.63, 3.8) is 0 Å². The third kappa shape index (κ3) is 3.10. The predicted molar refractivity (Wildman–Crippen MR) is 88.9 cm³/mol. The lowest BCUT2D eigenvalue weighted by molar-refractivity contribution is 0.253. The Morgan fingerprint density at radius 3 is 2.52 bits per heavy atom. The summed E-state index contributed by atoms with van der Waals surface area (Å²) >= 11 is 0. The Hall–Kier alpha value is -2.28. The highest BCUT2D eigenvalue weighted by atomic mass is 16.5.